The molecule has 1 heterocycles. The van der Waals surface area contributed by atoms with Gasteiger partial charge in [-0.3, -0.25) is 4.68 Å². The van der Waals surface area contributed by atoms with Crippen molar-refractivity contribution in [3.05, 3.63) is 46.7 Å². The normalized spacial score (nSPS) is 10.5. The van der Waals surface area contributed by atoms with E-state index >= 15 is 0 Å². The number of hydrogen-bond acceptors (Lipinski definition) is 3. The highest BCUT2D eigenvalue weighted by Gasteiger charge is 2.05. The maximum Gasteiger partial charge on any atom is 0.132 e. The predicted molar refractivity (Wildman–Crippen MR) is 73.1 cm³/mol. The van der Waals surface area contributed by atoms with Crippen LogP contribution in [-0.4, -0.2) is 9.78 Å². The lowest BCUT2D eigenvalue weighted by Gasteiger charge is -2.06. The molecule has 0 aliphatic carbocycles. The summed E-state index contributed by atoms with van der Waals surface area (Å²) in [5.41, 5.74) is 1.30. The van der Waals surface area contributed by atoms with E-state index in [0.29, 0.717) is 29.0 Å². The Bertz CT molecular complexity index is 613. The average molecular weight is 276 g/mol. The van der Waals surface area contributed by atoms with E-state index in [1.165, 1.54) is 0 Å². The van der Waals surface area contributed by atoms with E-state index in [4.69, 9.17) is 21.6 Å². The number of benzene rings is 1. The summed E-state index contributed by atoms with van der Waals surface area (Å²) in [5, 5.41) is 13.6. The van der Waals surface area contributed by atoms with Gasteiger partial charge in [-0.15, -0.1) is 0 Å². The Balaban J connectivity index is 2.02. The van der Waals surface area contributed by atoms with Crippen LogP contribution in [0.1, 0.15) is 31.1 Å². The summed E-state index contributed by atoms with van der Waals surface area (Å²) in [4.78, 5) is 0. The third kappa shape index (κ3) is 3.27. The lowest BCUT2D eigenvalue weighted by Crippen LogP contribution is -2.03. The van der Waals surface area contributed by atoms with Gasteiger partial charge in [0.15, 0.2) is 0 Å². The molecule has 0 unspecified atom stereocenters. The molecule has 0 spiro atoms. The molecular formula is C14H14ClN3O. The molecule has 2 aromatic rings. The Hall–Kier alpha value is -1.99. The number of halogens is 1. The molecule has 0 bridgehead atoms. The quantitative estimate of drug-likeness (QED) is 0.857. The van der Waals surface area contributed by atoms with Crippen molar-refractivity contribution in [1.82, 2.24) is 9.78 Å². The minimum Gasteiger partial charge on any atom is -0.487 e. The molecule has 19 heavy (non-hydrogen) atoms. The third-order valence-electron chi connectivity index (χ3n) is 2.64. The van der Waals surface area contributed by atoms with Crippen LogP contribution in [0, 0.1) is 11.3 Å². The predicted octanol–water partition coefficient (Wildman–Crippen LogP) is 3.57. The van der Waals surface area contributed by atoms with E-state index in [9.17, 15) is 0 Å². The largest absolute Gasteiger partial charge is 0.487 e. The summed E-state index contributed by atoms with van der Waals surface area (Å²) < 4.78 is 7.48. The van der Waals surface area contributed by atoms with Gasteiger partial charge in [-0.25, -0.2) is 0 Å². The zero-order valence-corrected chi connectivity index (χ0v) is 11.6. The Kier molecular flexibility index (Phi) is 4.08. The molecule has 0 amide bonds. The van der Waals surface area contributed by atoms with Crippen LogP contribution in [0.5, 0.6) is 5.75 Å². The number of nitrogens with zero attached hydrogens (tertiary/aromatic N) is 3. The highest BCUT2D eigenvalue weighted by atomic mass is 35.5. The third-order valence-corrected chi connectivity index (χ3v) is 2.95. The molecule has 0 atom stereocenters. The first-order valence-electron chi connectivity index (χ1n) is 5.96. The van der Waals surface area contributed by atoms with Gasteiger partial charge in [-0.05, 0) is 32.0 Å². The molecule has 5 heteroatoms. The Morgan fingerprint density at radius 1 is 1.42 bits per heavy atom. The van der Waals surface area contributed by atoms with Crippen molar-refractivity contribution in [1.29, 1.82) is 5.26 Å². The topological polar surface area (TPSA) is 50.8 Å². The highest BCUT2D eigenvalue weighted by Crippen LogP contribution is 2.22. The lowest BCUT2D eigenvalue weighted by molar-refractivity contribution is 0.298. The summed E-state index contributed by atoms with van der Waals surface area (Å²) in [5.74, 6) is 0.628. The zero-order chi connectivity index (χ0) is 13.8. The molecule has 1 aromatic carbocycles. The van der Waals surface area contributed by atoms with Crippen molar-refractivity contribution >= 4 is 11.6 Å². The van der Waals surface area contributed by atoms with Gasteiger partial charge in [-0.1, -0.05) is 11.6 Å². The van der Waals surface area contributed by atoms with Crippen LogP contribution in [-0.2, 0) is 6.61 Å². The molecular weight excluding hydrogens is 262 g/mol. The van der Waals surface area contributed by atoms with Gasteiger partial charge in [0.05, 0.1) is 16.3 Å². The van der Waals surface area contributed by atoms with Crippen molar-refractivity contribution < 1.29 is 4.74 Å². The maximum atomic E-state index is 8.78. The second kappa shape index (κ2) is 5.77. The zero-order valence-electron chi connectivity index (χ0n) is 10.8. The van der Waals surface area contributed by atoms with Crippen molar-refractivity contribution in [2.75, 3.05) is 0 Å². The number of rotatable bonds is 4. The Morgan fingerprint density at radius 2 is 2.21 bits per heavy atom. The summed E-state index contributed by atoms with van der Waals surface area (Å²) in [6.45, 7) is 4.51. The van der Waals surface area contributed by atoms with Gasteiger partial charge in [0, 0.05) is 18.3 Å². The summed E-state index contributed by atoms with van der Waals surface area (Å²) >= 11 is 5.93. The van der Waals surface area contributed by atoms with E-state index in [-0.39, 0.29) is 0 Å². The van der Waals surface area contributed by atoms with E-state index < -0.39 is 0 Å². The first-order valence-corrected chi connectivity index (χ1v) is 6.34. The monoisotopic (exact) mass is 275 g/mol. The molecule has 2 rings (SSSR count). The van der Waals surface area contributed by atoms with Crippen molar-refractivity contribution in [2.45, 2.75) is 26.5 Å². The summed E-state index contributed by atoms with van der Waals surface area (Å²) in [6, 6.07) is 9.27. The van der Waals surface area contributed by atoms with Gasteiger partial charge in [0.25, 0.3) is 0 Å². The number of ether oxygens (including phenoxy) is 1. The first-order chi connectivity index (χ1) is 9.10. The van der Waals surface area contributed by atoms with Gasteiger partial charge in [-0.2, -0.15) is 10.4 Å². The van der Waals surface area contributed by atoms with Gasteiger partial charge < -0.3 is 4.74 Å². The molecule has 0 fully saturated rings. The number of nitriles is 1. The van der Waals surface area contributed by atoms with Crippen LogP contribution in [0.15, 0.2) is 30.5 Å². The van der Waals surface area contributed by atoms with Crippen LogP contribution in [0.25, 0.3) is 0 Å². The molecule has 0 saturated carbocycles. The standard InChI is InChI=1S/C14H14ClN3O/c1-10(2)18-6-5-12(17-18)9-19-13-4-3-11(8-16)14(15)7-13/h3-7,10H,9H2,1-2H3. The fourth-order valence-corrected chi connectivity index (χ4v) is 1.79. The molecule has 0 radical (unpaired) electrons. The lowest BCUT2D eigenvalue weighted by atomic mass is 10.2. The van der Waals surface area contributed by atoms with E-state index in [1.54, 1.807) is 18.2 Å². The smallest absolute Gasteiger partial charge is 0.132 e. The molecule has 1 aromatic heterocycles. The SMILES string of the molecule is CC(C)n1ccc(COc2ccc(C#N)c(Cl)c2)n1. The van der Waals surface area contributed by atoms with E-state index in [1.807, 2.05) is 23.0 Å². The summed E-state index contributed by atoms with van der Waals surface area (Å²) in [6.07, 6.45) is 1.93. The molecule has 0 aliphatic heterocycles. The van der Waals surface area contributed by atoms with Crippen molar-refractivity contribution in [2.24, 2.45) is 0 Å². The Morgan fingerprint density at radius 3 is 2.79 bits per heavy atom. The van der Waals surface area contributed by atoms with E-state index in [0.717, 1.165) is 5.69 Å². The second-order valence-corrected chi connectivity index (χ2v) is 4.83. The fraction of sp³-hybridized carbons (Fsp3) is 0.286. The second-order valence-electron chi connectivity index (χ2n) is 4.42. The average Bonchev–Trinajstić information content (AvgIpc) is 2.85. The molecule has 0 saturated heterocycles. The Labute approximate surface area is 117 Å². The molecule has 98 valence electrons. The number of hydrogen-bond donors (Lipinski definition) is 0. The van der Waals surface area contributed by atoms with Gasteiger partial charge >= 0.3 is 0 Å². The van der Waals surface area contributed by atoms with Crippen LogP contribution < -0.4 is 4.74 Å². The minimum absolute atomic E-state index is 0.332. The van der Waals surface area contributed by atoms with Crippen LogP contribution in [0.2, 0.25) is 5.02 Å². The van der Waals surface area contributed by atoms with Crippen LogP contribution in [0.4, 0.5) is 0 Å². The van der Waals surface area contributed by atoms with Crippen LogP contribution >= 0.6 is 11.6 Å². The highest BCUT2D eigenvalue weighted by molar-refractivity contribution is 6.31. The molecule has 0 N–H and O–H groups in total. The minimum atomic E-state index is 0.332. The van der Waals surface area contributed by atoms with Crippen molar-refractivity contribution in [3.63, 3.8) is 0 Å². The van der Waals surface area contributed by atoms with Crippen molar-refractivity contribution in [3.8, 4) is 11.8 Å². The van der Waals surface area contributed by atoms with Gasteiger partial charge in [0.1, 0.15) is 18.4 Å². The first kappa shape index (κ1) is 13.4. The molecule has 0 aliphatic rings. The van der Waals surface area contributed by atoms with Gasteiger partial charge in [0.2, 0.25) is 0 Å². The van der Waals surface area contributed by atoms with E-state index in [2.05, 4.69) is 18.9 Å². The molecule has 4 nitrogen and oxygen atoms in total. The summed E-state index contributed by atoms with van der Waals surface area (Å²) in [7, 11) is 0. The number of aromatic nitrogens is 2. The van der Waals surface area contributed by atoms with Crippen LogP contribution in [0.3, 0.4) is 0 Å². The maximum absolute atomic E-state index is 8.78. The fourth-order valence-electron chi connectivity index (χ4n) is 1.58.